The minimum atomic E-state index is 0.503. The molecule has 0 amide bonds. The molecule has 0 unspecified atom stereocenters. The van der Waals surface area contributed by atoms with Crippen molar-refractivity contribution in [2.75, 3.05) is 20.0 Å². The molecule has 0 saturated heterocycles. The first-order chi connectivity index (χ1) is 13.7. The zero-order valence-electron chi connectivity index (χ0n) is 16.0. The van der Waals surface area contributed by atoms with E-state index in [0.29, 0.717) is 5.82 Å². The number of ether oxygens (including phenoxy) is 2. The topological polar surface area (TPSA) is 57.4 Å². The van der Waals surface area contributed by atoms with Gasteiger partial charge in [-0.05, 0) is 58.7 Å². The highest BCUT2D eigenvalue weighted by Gasteiger charge is 2.10. The number of hydrogen-bond donors (Lipinski definition) is 1. The molecule has 4 nitrogen and oxygen atoms in total. The van der Waals surface area contributed by atoms with Gasteiger partial charge < -0.3 is 15.2 Å². The second-order valence-electron chi connectivity index (χ2n) is 6.67. The highest BCUT2D eigenvalue weighted by molar-refractivity contribution is 5.96. The van der Waals surface area contributed by atoms with Gasteiger partial charge in [0.15, 0.2) is 0 Å². The van der Waals surface area contributed by atoms with Crippen molar-refractivity contribution < 1.29 is 9.47 Å². The third kappa shape index (κ3) is 3.49. The number of rotatable bonds is 5. The van der Waals surface area contributed by atoms with Crippen molar-refractivity contribution >= 4 is 16.7 Å². The number of aromatic nitrogens is 1. The molecule has 1 aromatic heterocycles. The van der Waals surface area contributed by atoms with Gasteiger partial charge in [-0.2, -0.15) is 0 Å². The van der Waals surface area contributed by atoms with Gasteiger partial charge in [0.05, 0.1) is 19.7 Å². The Morgan fingerprint density at radius 1 is 0.857 bits per heavy atom. The van der Waals surface area contributed by atoms with Crippen molar-refractivity contribution in [2.45, 2.75) is 6.42 Å². The molecular weight excluding hydrogens is 348 g/mol. The van der Waals surface area contributed by atoms with E-state index in [-0.39, 0.29) is 0 Å². The lowest BCUT2D eigenvalue weighted by atomic mass is 9.97. The highest BCUT2D eigenvalue weighted by atomic mass is 16.5. The summed E-state index contributed by atoms with van der Waals surface area (Å²) >= 11 is 0. The van der Waals surface area contributed by atoms with Crippen LogP contribution in [0, 0.1) is 0 Å². The minimum absolute atomic E-state index is 0.503. The second kappa shape index (κ2) is 7.61. The molecule has 3 aromatic carbocycles. The summed E-state index contributed by atoms with van der Waals surface area (Å²) in [5.41, 5.74) is 11.4. The van der Waals surface area contributed by atoms with E-state index >= 15 is 0 Å². The fourth-order valence-corrected chi connectivity index (χ4v) is 3.50. The summed E-state index contributed by atoms with van der Waals surface area (Å²) in [5, 5.41) is 1.06. The lowest BCUT2D eigenvalue weighted by Gasteiger charge is -2.12. The van der Waals surface area contributed by atoms with Gasteiger partial charge in [0.1, 0.15) is 17.3 Å². The van der Waals surface area contributed by atoms with Crippen LogP contribution in [0.3, 0.4) is 0 Å². The lowest BCUT2D eigenvalue weighted by Crippen LogP contribution is -1.96. The molecule has 0 aliphatic carbocycles. The van der Waals surface area contributed by atoms with Crippen LogP contribution in [0.4, 0.5) is 5.82 Å². The average molecular weight is 370 g/mol. The Morgan fingerprint density at radius 3 is 2.54 bits per heavy atom. The van der Waals surface area contributed by atoms with Gasteiger partial charge in [0, 0.05) is 11.8 Å². The largest absolute Gasteiger partial charge is 0.497 e. The molecule has 0 bridgehead atoms. The molecule has 4 rings (SSSR count). The van der Waals surface area contributed by atoms with Crippen LogP contribution < -0.4 is 15.2 Å². The zero-order chi connectivity index (χ0) is 19.5. The number of pyridine rings is 1. The zero-order valence-corrected chi connectivity index (χ0v) is 16.0. The van der Waals surface area contributed by atoms with Gasteiger partial charge in [-0.25, -0.2) is 4.98 Å². The smallest absolute Gasteiger partial charge is 0.124 e. The Hall–Kier alpha value is -3.53. The van der Waals surface area contributed by atoms with E-state index < -0.39 is 0 Å². The first-order valence-corrected chi connectivity index (χ1v) is 9.13. The third-order valence-corrected chi connectivity index (χ3v) is 4.86. The molecule has 0 atom stereocenters. The minimum Gasteiger partial charge on any atom is -0.497 e. The summed E-state index contributed by atoms with van der Waals surface area (Å²) in [6.07, 6.45) is 0.780. The van der Waals surface area contributed by atoms with E-state index in [0.717, 1.165) is 45.5 Å². The van der Waals surface area contributed by atoms with E-state index in [9.17, 15) is 0 Å². The van der Waals surface area contributed by atoms with Crippen LogP contribution >= 0.6 is 0 Å². The standard InChI is InChI=1S/C24H22N2O2/c1-27-19-8-5-7-17(14-19)20-15-24(25)26-22-11-10-16(13-21(20)22)12-18-6-3-4-9-23(18)28-2/h3-11,13-15H,12H2,1-2H3,(H2,25,26). The van der Waals surface area contributed by atoms with Crippen LogP contribution in [0.2, 0.25) is 0 Å². The number of fused-ring (bicyclic) bond motifs is 1. The SMILES string of the molecule is COc1cccc(-c2cc(N)nc3ccc(Cc4ccccc4OC)cc23)c1. The van der Waals surface area contributed by atoms with Crippen molar-refractivity contribution in [3.63, 3.8) is 0 Å². The molecule has 0 radical (unpaired) electrons. The molecule has 4 aromatic rings. The number of para-hydroxylation sites is 1. The summed E-state index contributed by atoms with van der Waals surface area (Å²) in [4.78, 5) is 4.51. The average Bonchev–Trinajstić information content (AvgIpc) is 2.74. The quantitative estimate of drug-likeness (QED) is 0.531. The summed E-state index contributed by atoms with van der Waals surface area (Å²) < 4.78 is 10.9. The van der Waals surface area contributed by atoms with Crippen molar-refractivity contribution in [1.29, 1.82) is 0 Å². The Morgan fingerprint density at radius 2 is 1.71 bits per heavy atom. The molecule has 0 fully saturated rings. The van der Waals surface area contributed by atoms with Crippen LogP contribution in [0.5, 0.6) is 11.5 Å². The third-order valence-electron chi connectivity index (χ3n) is 4.86. The molecular formula is C24H22N2O2. The van der Waals surface area contributed by atoms with E-state index in [1.54, 1.807) is 14.2 Å². The first-order valence-electron chi connectivity index (χ1n) is 9.13. The molecule has 2 N–H and O–H groups in total. The van der Waals surface area contributed by atoms with Gasteiger partial charge in [-0.15, -0.1) is 0 Å². The van der Waals surface area contributed by atoms with E-state index in [1.165, 1.54) is 5.56 Å². The first kappa shape index (κ1) is 17.9. The predicted octanol–water partition coefficient (Wildman–Crippen LogP) is 5.09. The van der Waals surface area contributed by atoms with Crippen LogP contribution in [-0.4, -0.2) is 19.2 Å². The summed E-state index contributed by atoms with van der Waals surface area (Å²) in [5.74, 6) is 2.21. The normalized spacial score (nSPS) is 10.8. The van der Waals surface area contributed by atoms with Crippen LogP contribution in [0.15, 0.2) is 72.8 Å². The lowest BCUT2D eigenvalue weighted by molar-refractivity contribution is 0.410. The molecule has 0 aliphatic heterocycles. The molecule has 0 saturated carbocycles. The summed E-state index contributed by atoms with van der Waals surface area (Å²) in [7, 11) is 3.37. The fourth-order valence-electron chi connectivity index (χ4n) is 3.50. The number of hydrogen-bond acceptors (Lipinski definition) is 4. The molecule has 140 valence electrons. The van der Waals surface area contributed by atoms with Crippen molar-refractivity contribution in [1.82, 2.24) is 4.98 Å². The molecule has 1 heterocycles. The van der Waals surface area contributed by atoms with E-state index in [4.69, 9.17) is 15.2 Å². The molecule has 28 heavy (non-hydrogen) atoms. The number of benzene rings is 3. The maximum Gasteiger partial charge on any atom is 0.124 e. The van der Waals surface area contributed by atoms with Crippen molar-refractivity contribution in [3.8, 4) is 22.6 Å². The van der Waals surface area contributed by atoms with Crippen molar-refractivity contribution in [2.24, 2.45) is 0 Å². The van der Waals surface area contributed by atoms with Gasteiger partial charge >= 0.3 is 0 Å². The Balaban J connectivity index is 1.83. The number of anilines is 1. The number of nitrogens with zero attached hydrogens (tertiary/aromatic N) is 1. The highest BCUT2D eigenvalue weighted by Crippen LogP contribution is 2.33. The van der Waals surface area contributed by atoms with Gasteiger partial charge in [-0.3, -0.25) is 0 Å². The molecule has 4 heteroatoms. The fraction of sp³-hybridized carbons (Fsp3) is 0.125. The Bertz CT molecular complexity index is 1140. The number of nitrogens with two attached hydrogens (primary N) is 1. The van der Waals surface area contributed by atoms with Crippen LogP contribution in [0.25, 0.3) is 22.0 Å². The predicted molar refractivity (Wildman–Crippen MR) is 114 cm³/mol. The second-order valence-corrected chi connectivity index (χ2v) is 6.67. The molecule has 0 aliphatic rings. The van der Waals surface area contributed by atoms with E-state index in [1.807, 2.05) is 48.5 Å². The Labute approximate surface area is 164 Å². The Kier molecular flexibility index (Phi) is 4.85. The van der Waals surface area contributed by atoms with Gasteiger partial charge in [-0.1, -0.05) is 36.4 Å². The monoisotopic (exact) mass is 370 g/mol. The summed E-state index contributed by atoms with van der Waals surface area (Å²) in [6.45, 7) is 0. The maximum atomic E-state index is 6.07. The number of methoxy groups -OCH3 is 2. The van der Waals surface area contributed by atoms with Crippen LogP contribution in [0.1, 0.15) is 11.1 Å². The molecule has 0 spiro atoms. The van der Waals surface area contributed by atoms with Gasteiger partial charge in [0.2, 0.25) is 0 Å². The summed E-state index contributed by atoms with van der Waals surface area (Å²) in [6, 6.07) is 24.3. The van der Waals surface area contributed by atoms with Crippen LogP contribution in [-0.2, 0) is 6.42 Å². The van der Waals surface area contributed by atoms with Gasteiger partial charge in [0.25, 0.3) is 0 Å². The van der Waals surface area contributed by atoms with E-state index in [2.05, 4.69) is 29.2 Å². The van der Waals surface area contributed by atoms with Crippen molar-refractivity contribution in [3.05, 3.63) is 83.9 Å². The number of nitrogen functional groups attached to an aromatic ring is 1. The maximum absolute atomic E-state index is 6.07.